The van der Waals surface area contributed by atoms with E-state index in [0.29, 0.717) is 0 Å². The van der Waals surface area contributed by atoms with Gasteiger partial charge in [-0.1, -0.05) is 12.8 Å². The maximum absolute atomic E-state index is 11.8. The largest absolute Gasteiger partial charge is 0.285 e. The second-order valence-corrected chi connectivity index (χ2v) is 4.42. The first-order valence-electron chi connectivity index (χ1n) is 4.89. The molecule has 1 saturated heterocycles. The minimum absolute atomic E-state index is 0.0289. The number of carbonyl (C=O) groups is 2. The highest BCUT2D eigenvalue weighted by Gasteiger charge is 2.55. The Morgan fingerprint density at radius 2 is 2.08 bits per heavy atom. The Hall–Kier alpha value is -0.860. The molecule has 0 bridgehead atoms. The first-order chi connectivity index (χ1) is 6.07. The smallest absolute Gasteiger partial charge is 0.235 e. The van der Waals surface area contributed by atoms with Crippen LogP contribution in [0, 0.1) is 11.3 Å². The van der Waals surface area contributed by atoms with E-state index < -0.39 is 0 Å². The van der Waals surface area contributed by atoms with E-state index in [9.17, 15) is 9.59 Å². The van der Waals surface area contributed by atoms with Crippen LogP contribution < -0.4 is 0 Å². The van der Waals surface area contributed by atoms with E-state index in [0.717, 1.165) is 25.7 Å². The second-order valence-electron chi connectivity index (χ2n) is 4.42. The predicted octanol–water partition coefficient (Wildman–Crippen LogP) is 1.18. The van der Waals surface area contributed by atoms with Crippen LogP contribution in [0.3, 0.4) is 0 Å². The fraction of sp³-hybridized carbons (Fsp3) is 0.800. The summed E-state index contributed by atoms with van der Waals surface area (Å²) in [6, 6.07) is 0. The molecule has 2 atom stereocenters. The molecule has 1 aliphatic carbocycles. The lowest BCUT2D eigenvalue weighted by Gasteiger charge is -2.31. The van der Waals surface area contributed by atoms with Crippen molar-refractivity contribution in [2.24, 2.45) is 11.3 Å². The van der Waals surface area contributed by atoms with Crippen LogP contribution in [-0.4, -0.2) is 23.8 Å². The monoisotopic (exact) mass is 181 g/mol. The maximum atomic E-state index is 11.8. The molecule has 2 rings (SSSR count). The lowest BCUT2D eigenvalue weighted by atomic mass is 9.69. The van der Waals surface area contributed by atoms with Crippen LogP contribution in [0.15, 0.2) is 0 Å². The summed E-state index contributed by atoms with van der Waals surface area (Å²) in [6.45, 7) is 1.94. The Kier molecular flexibility index (Phi) is 1.72. The Morgan fingerprint density at radius 3 is 2.69 bits per heavy atom. The van der Waals surface area contributed by atoms with Gasteiger partial charge in [0.05, 0.1) is 11.3 Å². The highest BCUT2D eigenvalue weighted by molar-refractivity contribution is 6.07. The van der Waals surface area contributed by atoms with Gasteiger partial charge in [0.25, 0.3) is 0 Å². The molecule has 2 aliphatic rings. The quantitative estimate of drug-likeness (QED) is 0.526. The maximum Gasteiger partial charge on any atom is 0.235 e. The summed E-state index contributed by atoms with van der Waals surface area (Å²) in [5.74, 6) is 0.0353. The molecule has 0 aromatic rings. The fourth-order valence-corrected chi connectivity index (χ4v) is 2.70. The molecule has 3 heteroatoms. The summed E-state index contributed by atoms with van der Waals surface area (Å²) >= 11 is 0. The van der Waals surface area contributed by atoms with Crippen LogP contribution in [0.5, 0.6) is 0 Å². The van der Waals surface area contributed by atoms with Gasteiger partial charge in [-0.15, -0.1) is 0 Å². The molecule has 0 radical (unpaired) electrons. The molecular weight excluding hydrogens is 166 g/mol. The van der Waals surface area contributed by atoms with Gasteiger partial charge < -0.3 is 0 Å². The summed E-state index contributed by atoms with van der Waals surface area (Å²) in [6.07, 6.45) is 3.95. The number of hydrogen-bond acceptors (Lipinski definition) is 2. The van der Waals surface area contributed by atoms with E-state index in [-0.39, 0.29) is 23.1 Å². The van der Waals surface area contributed by atoms with Crippen molar-refractivity contribution in [2.45, 2.75) is 32.6 Å². The minimum Gasteiger partial charge on any atom is -0.285 e. The first kappa shape index (κ1) is 8.73. The molecule has 3 nitrogen and oxygen atoms in total. The number of fused-ring (bicyclic) bond motifs is 1. The van der Waals surface area contributed by atoms with E-state index in [4.69, 9.17) is 0 Å². The van der Waals surface area contributed by atoms with Crippen LogP contribution in [-0.2, 0) is 9.59 Å². The van der Waals surface area contributed by atoms with Gasteiger partial charge in [0, 0.05) is 7.05 Å². The molecule has 1 heterocycles. The van der Waals surface area contributed by atoms with E-state index in [2.05, 4.69) is 0 Å². The van der Waals surface area contributed by atoms with Crippen molar-refractivity contribution in [2.75, 3.05) is 7.05 Å². The first-order valence-corrected chi connectivity index (χ1v) is 4.89. The molecule has 0 N–H and O–H groups in total. The molecular formula is C10H15NO2. The summed E-state index contributed by atoms with van der Waals surface area (Å²) in [5, 5.41) is 0. The van der Waals surface area contributed by atoms with Gasteiger partial charge in [-0.2, -0.15) is 0 Å². The zero-order valence-corrected chi connectivity index (χ0v) is 8.17. The molecule has 1 saturated carbocycles. The van der Waals surface area contributed by atoms with E-state index in [1.54, 1.807) is 7.05 Å². The van der Waals surface area contributed by atoms with Crippen molar-refractivity contribution < 1.29 is 9.59 Å². The Labute approximate surface area is 78.1 Å². The van der Waals surface area contributed by atoms with Crippen LogP contribution in [0.2, 0.25) is 0 Å². The standard InChI is InChI=1S/C10H15NO2/c1-10-6-4-3-5-7(10)8(12)11(2)9(10)13/h7H,3-6H2,1-2H3/t7-,10+/m0/s1. The lowest BCUT2D eigenvalue weighted by Crippen LogP contribution is -2.34. The van der Waals surface area contributed by atoms with Gasteiger partial charge in [-0.25, -0.2) is 0 Å². The highest BCUT2D eigenvalue weighted by atomic mass is 16.2. The normalized spacial score (nSPS) is 39.5. The van der Waals surface area contributed by atoms with E-state index >= 15 is 0 Å². The second kappa shape index (κ2) is 2.56. The van der Waals surface area contributed by atoms with Crippen molar-refractivity contribution in [1.82, 2.24) is 4.90 Å². The van der Waals surface area contributed by atoms with Crippen LogP contribution >= 0.6 is 0 Å². The van der Waals surface area contributed by atoms with Gasteiger partial charge in [0.2, 0.25) is 11.8 Å². The predicted molar refractivity (Wildman–Crippen MR) is 47.8 cm³/mol. The number of rotatable bonds is 0. The van der Waals surface area contributed by atoms with Crippen molar-refractivity contribution in [3.63, 3.8) is 0 Å². The van der Waals surface area contributed by atoms with Crippen LogP contribution in [0.25, 0.3) is 0 Å². The molecule has 0 aromatic heterocycles. The molecule has 72 valence electrons. The van der Waals surface area contributed by atoms with Gasteiger partial charge in [0.1, 0.15) is 0 Å². The average molecular weight is 181 g/mol. The Balaban J connectivity index is 2.38. The third kappa shape index (κ3) is 0.960. The van der Waals surface area contributed by atoms with Crippen molar-refractivity contribution in [3.05, 3.63) is 0 Å². The fourth-order valence-electron chi connectivity index (χ4n) is 2.70. The summed E-state index contributed by atoms with van der Waals surface area (Å²) in [5.41, 5.74) is -0.371. The number of likely N-dealkylation sites (tertiary alicyclic amines) is 1. The molecule has 0 aromatic carbocycles. The van der Waals surface area contributed by atoms with Gasteiger partial charge in [-0.05, 0) is 19.8 Å². The number of carbonyl (C=O) groups excluding carboxylic acids is 2. The Morgan fingerprint density at radius 1 is 1.38 bits per heavy atom. The topological polar surface area (TPSA) is 37.4 Å². The van der Waals surface area contributed by atoms with E-state index in [1.807, 2.05) is 6.92 Å². The Bertz CT molecular complexity index is 274. The zero-order chi connectivity index (χ0) is 9.64. The van der Waals surface area contributed by atoms with Crippen LogP contribution in [0.1, 0.15) is 32.6 Å². The molecule has 2 fully saturated rings. The summed E-state index contributed by atoms with van der Waals surface area (Å²) in [7, 11) is 1.61. The van der Waals surface area contributed by atoms with Gasteiger partial charge >= 0.3 is 0 Å². The molecule has 2 amide bonds. The molecule has 13 heavy (non-hydrogen) atoms. The van der Waals surface area contributed by atoms with Gasteiger partial charge in [0.15, 0.2) is 0 Å². The van der Waals surface area contributed by atoms with Crippen molar-refractivity contribution in [1.29, 1.82) is 0 Å². The third-order valence-corrected chi connectivity index (χ3v) is 3.63. The molecule has 0 unspecified atom stereocenters. The molecule has 1 aliphatic heterocycles. The third-order valence-electron chi connectivity index (χ3n) is 3.63. The van der Waals surface area contributed by atoms with Gasteiger partial charge in [-0.3, -0.25) is 14.5 Å². The minimum atomic E-state index is -0.371. The highest BCUT2D eigenvalue weighted by Crippen LogP contribution is 2.47. The number of amides is 2. The average Bonchev–Trinajstić information content (AvgIpc) is 2.29. The number of imide groups is 1. The summed E-state index contributed by atoms with van der Waals surface area (Å²) in [4.78, 5) is 24.8. The lowest BCUT2D eigenvalue weighted by molar-refractivity contribution is -0.139. The van der Waals surface area contributed by atoms with Crippen LogP contribution in [0.4, 0.5) is 0 Å². The molecule has 0 spiro atoms. The SMILES string of the molecule is CN1C(=O)[C@@H]2CCCC[C@@]2(C)C1=O. The van der Waals surface area contributed by atoms with Crippen molar-refractivity contribution >= 4 is 11.8 Å². The number of nitrogens with zero attached hydrogens (tertiary/aromatic N) is 1. The summed E-state index contributed by atoms with van der Waals surface area (Å²) < 4.78 is 0. The van der Waals surface area contributed by atoms with E-state index in [1.165, 1.54) is 4.90 Å². The van der Waals surface area contributed by atoms with Crippen molar-refractivity contribution in [3.8, 4) is 0 Å². The number of hydrogen-bond donors (Lipinski definition) is 0. The zero-order valence-electron chi connectivity index (χ0n) is 8.17.